The van der Waals surface area contributed by atoms with Crippen LogP contribution in [0.15, 0.2) is 53.4 Å². The summed E-state index contributed by atoms with van der Waals surface area (Å²) < 4.78 is 27.8. The van der Waals surface area contributed by atoms with Crippen LogP contribution in [-0.4, -0.2) is 26.9 Å². The molecule has 2 aromatic rings. The van der Waals surface area contributed by atoms with Crippen LogP contribution in [-0.2, 0) is 16.6 Å². The summed E-state index contributed by atoms with van der Waals surface area (Å²) in [4.78, 5) is 12.7. The Morgan fingerprint density at radius 1 is 1.19 bits per heavy atom. The Morgan fingerprint density at radius 2 is 1.89 bits per heavy atom. The molecule has 1 saturated carbocycles. The molecule has 2 aromatic carbocycles. The maximum absolute atomic E-state index is 12.6. The Balaban J connectivity index is 1.76. The van der Waals surface area contributed by atoms with E-state index < -0.39 is 10.0 Å². The average molecular weight is 388 g/mol. The lowest BCUT2D eigenvalue weighted by Crippen LogP contribution is -2.42. The van der Waals surface area contributed by atoms with E-state index in [2.05, 4.69) is 10.0 Å². The smallest absolute Gasteiger partial charge is 0.251 e. The summed E-state index contributed by atoms with van der Waals surface area (Å²) in [5, 5.41) is 2.94. The lowest BCUT2D eigenvalue weighted by molar-refractivity contribution is 0.0932. The first-order valence-electron chi connectivity index (χ1n) is 9.06. The summed E-state index contributed by atoms with van der Waals surface area (Å²) in [6.07, 6.45) is 2.14. The molecule has 1 fully saturated rings. The highest BCUT2D eigenvalue weighted by Crippen LogP contribution is 2.32. The van der Waals surface area contributed by atoms with E-state index in [-0.39, 0.29) is 23.4 Å². The Kier molecular flexibility index (Phi) is 5.94. The third kappa shape index (κ3) is 4.94. The summed E-state index contributed by atoms with van der Waals surface area (Å²) >= 11 is 0. The molecule has 0 spiro atoms. The monoisotopic (exact) mass is 387 g/mol. The Labute approximate surface area is 160 Å². The number of benzene rings is 2. The summed E-state index contributed by atoms with van der Waals surface area (Å²) in [6, 6.07) is 13.8. The van der Waals surface area contributed by atoms with E-state index in [1.165, 1.54) is 12.1 Å². The maximum atomic E-state index is 12.6. The van der Waals surface area contributed by atoms with Gasteiger partial charge in [-0.05, 0) is 48.9 Å². The van der Waals surface area contributed by atoms with E-state index in [9.17, 15) is 13.2 Å². The molecule has 1 aliphatic carbocycles. The zero-order chi connectivity index (χ0) is 19.4. The van der Waals surface area contributed by atoms with Crippen molar-refractivity contribution in [3.63, 3.8) is 0 Å². The highest BCUT2D eigenvalue weighted by molar-refractivity contribution is 7.89. The van der Waals surface area contributed by atoms with Gasteiger partial charge >= 0.3 is 0 Å². The normalized spacial score (nSPS) is 15.3. The van der Waals surface area contributed by atoms with Crippen molar-refractivity contribution >= 4 is 15.9 Å². The SMILES string of the molecule is Cc1ccc(S(=O)(=O)NCc2ccccc2)cc1C(=O)NC(CN)C1CC1. The molecule has 1 atom stereocenters. The van der Waals surface area contributed by atoms with Gasteiger partial charge in [-0.15, -0.1) is 0 Å². The number of rotatable bonds is 8. The summed E-state index contributed by atoms with van der Waals surface area (Å²) in [6.45, 7) is 2.36. The van der Waals surface area contributed by atoms with Crippen molar-refractivity contribution in [1.29, 1.82) is 0 Å². The van der Waals surface area contributed by atoms with Gasteiger partial charge in [0.15, 0.2) is 0 Å². The average Bonchev–Trinajstić information content (AvgIpc) is 3.50. The molecule has 1 amide bonds. The van der Waals surface area contributed by atoms with Crippen molar-refractivity contribution in [2.75, 3.05) is 6.54 Å². The molecule has 0 saturated heterocycles. The minimum absolute atomic E-state index is 0.0617. The lowest BCUT2D eigenvalue weighted by atomic mass is 10.1. The molecule has 6 nitrogen and oxygen atoms in total. The summed E-state index contributed by atoms with van der Waals surface area (Å²) in [7, 11) is -3.72. The molecule has 0 heterocycles. The van der Waals surface area contributed by atoms with E-state index in [0.29, 0.717) is 18.0 Å². The lowest BCUT2D eigenvalue weighted by Gasteiger charge is -2.17. The number of amides is 1. The van der Waals surface area contributed by atoms with Crippen LogP contribution >= 0.6 is 0 Å². The fraction of sp³-hybridized carbons (Fsp3) is 0.350. The quantitative estimate of drug-likeness (QED) is 0.644. The number of carbonyl (C=O) groups is 1. The number of nitrogens with two attached hydrogens (primary N) is 1. The van der Waals surface area contributed by atoms with Crippen molar-refractivity contribution in [2.45, 2.75) is 37.2 Å². The number of nitrogens with one attached hydrogen (secondary N) is 2. The molecule has 144 valence electrons. The second-order valence-corrected chi connectivity index (χ2v) is 8.71. The fourth-order valence-corrected chi connectivity index (χ4v) is 4.03. The number of carbonyl (C=O) groups excluding carboxylic acids is 1. The van der Waals surface area contributed by atoms with Gasteiger partial charge in [-0.2, -0.15) is 0 Å². The van der Waals surface area contributed by atoms with E-state index in [0.717, 1.165) is 24.0 Å². The van der Waals surface area contributed by atoms with Gasteiger partial charge in [0.2, 0.25) is 10.0 Å². The van der Waals surface area contributed by atoms with Gasteiger partial charge in [0, 0.05) is 24.7 Å². The third-order valence-corrected chi connectivity index (χ3v) is 6.23. The van der Waals surface area contributed by atoms with E-state index >= 15 is 0 Å². The molecule has 7 heteroatoms. The summed E-state index contributed by atoms with van der Waals surface area (Å²) in [5.74, 6) is 0.147. The maximum Gasteiger partial charge on any atom is 0.251 e. The van der Waals surface area contributed by atoms with Crippen LogP contribution in [0.5, 0.6) is 0 Å². The van der Waals surface area contributed by atoms with Crippen LogP contribution in [0.25, 0.3) is 0 Å². The topological polar surface area (TPSA) is 101 Å². The minimum atomic E-state index is -3.72. The van der Waals surface area contributed by atoms with Crippen molar-refractivity contribution < 1.29 is 13.2 Å². The van der Waals surface area contributed by atoms with Gasteiger partial charge in [-0.1, -0.05) is 36.4 Å². The largest absolute Gasteiger partial charge is 0.348 e. The van der Waals surface area contributed by atoms with Gasteiger partial charge in [-0.3, -0.25) is 4.79 Å². The Bertz CT molecular complexity index is 909. The Morgan fingerprint density at radius 3 is 2.52 bits per heavy atom. The molecular formula is C20H25N3O3S. The Hall–Kier alpha value is -2.22. The minimum Gasteiger partial charge on any atom is -0.348 e. The van der Waals surface area contributed by atoms with Gasteiger partial charge in [0.1, 0.15) is 0 Å². The van der Waals surface area contributed by atoms with Crippen LogP contribution in [0, 0.1) is 12.8 Å². The van der Waals surface area contributed by atoms with E-state index in [1.807, 2.05) is 30.3 Å². The fourth-order valence-electron chi connectivity index (χ4n) is 2.98. The van der Waals surface area contributed by atoms with Crippen molar-refractivity contribution in [1.82, 2.24) is 10.0 Å². The van der Waals surface area contributed by atoms with Crippen LogP contribution < -0.4 is 15.8 Å². The van der Waals surface area contributed by atoms with Crippen LogP contribution in [0.3, 0.4) is 0 Å². The first kappa shape index (κ1) is 19.5. The zero-order valence-electron chi connectivity index (χ0n) is 15.3. The molecule has 0 radical (unpaired) electrons. The van der Waals surface area contributed by atoms with Gasteiger partial charge in [0.05, 0.1) is 4.90 Å². The number of aryl methyl sites for hydroxylation is 1. The van der Waals surface area contributed by atoms with Gasteiger partial charge in [-0.25, -0.2) is 13.1 Å². The molecule has 27 heavy (non-hydrogen) atoms. The van der Waals surface area contributed by atoms with Gasteiger partial charge in [0.25, 0.3) is 5.91 Å². The molecule has 4 N–H and O–H groups in total. The first-order valence-corrected chi connectivity index (χ1v) is 10.5. The standard InChI is InChI=1S/C20H25N3O3S/c1-14-7-10-17(27(25,26)22-13-15-5-3-2-4-6-15)11-18(14)20(24)23-19(12-21)16-8-9-16/h2-7,10-11,16,19,22H,8-9,12-13,21H2,1H3,(H,23,24). The highest BCUT2D eigenvalue weighted by Gasteiger charge is 2.31. The van der Waals surface area contributed by atoms with Crippen LogP contribution in [0.4, 0.5) is 0 Å². The molecule has 0 aromatic heterocycles. The molecule has 1 unspecified atom stereocenters. The number of hydrogen-bond acceptors (Lipinski definition) is 4. The molecular weight excluding hydrogens is 362 g/mol. The van der Waals surface area contributed by atoms with Crippen molar-refractivity contribution in [3.8, 4) is 0 Å². The number of sulfonamides is 1. The second-order valence-electron chi connectivity index (χ2n) is 6.94. The van der Waals surface area contributed by atoms with E-state index in [1.54, 1.807) is 13.0 Å². The van der Waals surface area contributed by atoms with Crippen LogP contribution in [0.2, 0.25) is 0 Å². The molecule has 0 bridgehead atoms. The predicted molar refractivity (Wildman–Crippen MR) is 105 cm³/mol. The zero-order valence-corrected chi connectivity index (χ0v) is 16.1. The molecule has 3 rings (SSSR count). The predicted octanol–water partition coefficient (Wildman–Crippen LogP) is 1.94. The molecule has 0 aliphatic heterocycles. The highest BCUT2D eigenvalue weighted by atomic mass is 32.2. The first-order chi connectivity index (χ1) is 12.9. The van der Waals surface area contributed by atoms with Crippen molar-refractivity contribution in [2.24, 2.45) is 11.7 Å². The van der Waals surface area contributed by atoms with Gasteiger partial charge < -0.3 is 11.1 Å². The second kappa shape index (κ2) is 8.21. The van der Waals surface area contributed by atoms with E-state index in [4.69, 9.17) is 5.73 Å². The number of hydrogen-bond donors (Lipinski definition) is 3. The third-order valence-electron chi connectivity index (χ3n) is 4.83. The van der Waals surface area contributed by atoms with Crippen LogP contribution in [0.1, 0.15) is 34.3 Å². The van der Waals surface area contributed by atoms with Crippen molar-refractivity contribution in [3.05, 3.63) is 65.2 Å². The molecule has 1 aliphatic rings. The summed E-state index contributed by atoms with van der Waals surface area (Å²) in [5.41, 5.74) is 7.70.